The largest absolute Gasteiger partial charge is 0.396 e. The van der Waals surface area contributed by atoms with Crippen LogP contribution in [0.3, 0.4) is 0 Å². The molecule has 0 bridgehead atoms. The van der Waals surface area contributed by atoms with Gasteiger partial charge in [-0.05, 0) is 24.7 Å². The minimum atomic E-state index is 0.270. The normalized spacial score (nSPS) is 23.9. The summed E-state index contributed by atoms with van der Waals surface area (Å²) in [4.78, 5) is 3.92. The van der Waals surface area contributed by atoms with E-state index in [1.165, 1.54) is 6.42 Å². The second-order valence-corrected chi connectivity index (χ2v) is 5.01. The Bertz CT molecular complexity index is 366. The molecule has 0 saturated heterocycles. The maximum atomic E-state index is 9.25. The van der Waals surface area contributed by atoms with E-state index in [-0.39, 0.29) is 6.61 Å². The number of nitrogens with one attached hydrogen (secondary N) is 1. The Morgan fingerprint density at radius 1 is 1.41 bits per heavy atom. The number of aliphatic hydroxyl groups is 1. The van der Waals surface area contributed by atoms with Gasteiger partial charge in [0.1, 0.15) is 0 Å². The number of hydrogen-bond acceptors (Lipinski definition) is 4. The SMILES string of the molecule is Nc1cncc(Cl)c1NCC1CCCC1CO. The van der Waals surface area contributed by atoms with Crippen molar-refractivity contribution in [1.29, 1.82) is 0 Å². The predicted molar refractivity (Wildman–Crippen MR) is 70.1 cm³/mol. The molecule has 0 amide bonds. The molecular weight excluding hydrogens is 238 g/mol. The Labute approximate surface area is 106 Å². The molecule has 1 aromatic heterocycles. The summed E-state index contributed by atoms with van der Waals surface area (Å²) < 4.78 is 0. The number of pyridine rings is 1. The van der Waals surface area contributed by atoms with Gasteiger partial charge in [-0.3, -0.25) is 4.98 Å². The van der Waals surface area contributed by atoms with Crippen LogP contribution in [0.4, 0.5) is 11.4 Å². The van der Waals surface area contributed by atoms with Crippen LogP contribution in [0.25, 0.3) is 0 Å². The fourth-order valence-corrected chi connectivity index (χ4v) is 2.72. The first-order valence-corrected chi connectivity index (χ1v) is 6.34. The van der Waals surface area contributed by atoms with Crippen LogP contribution in [0, 0.1) is 11.8 Å². The van der Waals surface area contributed by atoms with E-state index in [2.05, 4.69) is 10.3 Å². The molecule has 1 aromatic rings. The molecule has 2 unspecified atom stereocenters. The van der Waals surface area contributed by atoms with Crippen molar-refractivity contribution in [3.05, 3.63) is 17.4 Å². The molecule has 1 heterocycles. The van der Waals surface area contributed by atoms with Gasteiger partial charge < -0.3 is 16.2 Å². The molecule has 1 aliphatic rings. The van der Waals surface area contributed by atoms with E-state index in [4.69, 9.17) is 17.3 Å². The van der Waals surface area contributed by atoms with Gasteiger partial charge in [-0.2, -0.15) is 0 Å². The first-order chi connectivity index (χ1) is 8.22. The predicted octanol–water partition coefficient (Wildman–Crippen LogP) is 2.14. The van der Waals surface area contributed by atoms with Crippen molar-refractivity contribution in [2.24, 2.45) is 11.8 Å². The van der Waals surface area contributed by atoms with Crippen molar-refractivity contribution in [1.82, 2.24) is 4.98 Å². The Morgan fingerprint density at radius 3 is 2.88 bits per heavy atom. The molecule has 1 aliphatic carbocycles. The molecule has 4 nitrogen and oxygen atoms in total. The van der Waals surface area contributed by atoms with Crippen molar-refractivity contribution in [2.75, 3.05) is 24.2 Å². The van der Waals surface area contributed by atoms with Crippen LogP contribution >= 0.6 is 11.6 Å². The first-order valence-electron chi connectivity index (χ1n) is 5.96. The molecule has 17 heavy (non-hydrogen) atoms. The highest BCUT2D eigenvalue weighted by Crippen LogP contribution is 2.33. The van der Waals surface area contributed by atoms with Crippen molar-refractivity contribution in [3.63, 3.8) is 0 Å². The molecule has 0 aliphatic heterocycles. The summed E-state index contributed by atoms with van der Waals surface area (Å²) in [7, 11) is 0. The Balaban J connectivity index is 1.98. The van der Waals surface area contributed by atoms with Crippen LogP contribution in [-0.2, 0) is 0 Å². The van der Waals surface area contributed by atoms with Crippen LogP contribution in [0.1, 0.15) is 19.3 Å². The quantitative estimate of drug-likeness (QED) is 0.771. The minimum absolute atomic E-state index is 0.270. The Morgan fingerprint density at radius 2 is 2.18 bits per heavy atom. The molecule has 5 heteroatoms. The lowest BCUT2D eigenvalue weighted by atomic mass is 9.97. The standard InChI is InChI=1S/C12H18ClN3O/c13-10-5-15-6-11(14)12(10)16-4-8-2-1-3-9(8)7-17/h5-6,8-9,17H,1-4,7,14H2,(H,15,16). The van der Waals surface area contributed by atoms with Crippen LogP contribution in [0.2, 0.25) is 5.02 Å². The fraction of sp³-hybridized carbons (Fsp3) is 0.583. The van der Waals surface area contributed by atoms with E-state index in [9.17, 15) is 5.11 Å². The average Bonchev–Trinajstić information content (AvgIpc) is 2.76. The lowest BCUT2D eigenvalue weighted by molar-refractivity contribution is 0.199. The van der Waals surface area contributed by atoms with Gasteiger partial charge in [-0.1, -0.05) is 18.0 Å². The molecule has 94 valence electrons. The molecule has 1 fully saturated rings. The van der Waals surface area contributed by atoms with Crippen molar-refractivity contribution in [2.45, 2.75) is 19.3 Å². The third kappa shape index (κ3) is 2.82. The van der Waals surface area contributed by atoms with Gasteiger partial charge in [0, 0.05) is 19.3 Å². The number of halogens is 1. The summed E-state index contributed by atoms with van der Waals surface area (Å²) in [5.74, 6) is 0.910. The molecule has 0 aromatic carbocycles. The molecule has 4 N–H and O–H groups in total. The summed E-state index contributed by atoms with van der Waals surface area (Å²) in [6.45, 7) is 1.07. The monoisotopic (exact) mass is 255 g/mol. The molecule has 0 radical (unpaired) electrons. The summed E-state index contributed by atoms with van der Waals surface area (Å²) in [5, 5.41) is 13.1. The molecule has 0 spiro atoms. The van der Waals surface area contributed by atoms with Gasteiger partial charge in [0.25, 0.3) is 0 Å². The second-order valence-electron chi connectivity index (χ2n) is 4.60. The number of anilines is 2. The number of hydrogen-bond donors (Lipinski definition) is 3. The number of rotatable bonds is 4. The van der Waals surface area contributed by atoms with E-state index < -0.39 is 0 Å². The van der Waals surface area contributed by atoms with E-state index >= 15 is 0 Å². The number of nitrogen functional groups attached to an aromatic ring is 1. The topological polar surface area (TPSA) is 71.2 Å². The lowest BCUT2D eigenvalue weighted by Gasteiger charge is -2.19. The summed E-state index contributed by atoms with van der Waals surface area (Å²) in [6.07, 6.45) is 6.63. The zero-order chi connectivity index (χ0) is 12.3. The molecule has 2 rings (SSSR count). The van der Waals surface area contributed by atoms with E-state index in [1.807, 2.05) is 0 Å². The van der Waals surface area contributed by atoms with E-state index in [0.717, 1.165) is 25.1 Å². The highest BCUT2D eigenvalue weighted by molar-refractivity contribution is 6.33. The smallest absolute Gasteiger partial charge is 0.0841 e. The average molecular weight is 256 g/mol. The first kappa shape index (κ1) is 12.5. The zero-order valence-electron chi connectivity index (χ0n) is 9.69. The summed E-state index contributed by atoms with van der Waals surface area (Å²) in [5.41, 5.74) is 7.14. The van der Waals surface area contributed by atoms with Gasteiger partial charge in [-0.25, -0.2) is 0 Å². The summed E-state index contributed by atoms with van der Waals surface area (Å²) in [6, 6.07) is 0. The van der Waals surface area contributed by atoms with Crippen LogP contribution in [0.5, 0.6) is 0 Å². The van der Waals surface area contributed by atoms with Gasteiger partial charge >= 0.3 is 0 Å². The van der Waals surface area contributed by atoms with Gasteiger partial charge in [0.15, 0.2) is 0 Å². The van der Waals surface area contributed by atoms with Crippen molar-refractivity contribution >= 4 is 23.0 Å². The number of nitrogens with two attached hydrogens (primary N) is 1. The highest BCUT2D eigenvalue weighted by atomic mass is 35.5. The van der Waals surface area contributed by atoms with Crippen molar-refractivity contribution in [3.8, 4) is 0 Å². The van der Waals surface area contributed by atoms with Crippen LogP contribution in [-0.4, -0.2) is 23.2 Å². The fourth-order valence-electron chi connectivity index (χ4n) is 2.49. The lowest BCUT2D eigenvalue weighted by Crippen LogP contribution is -2.21. The minimum Gasteiger partial charge on any atom is -0.396 e. The highest BCUT2D eigenvalue weighted by Gasteiger charge is 2.26. The van der Waals surface area contributed by atoms with E-state index in [1.54, 1.807) is 12.4 Å². The molecular formula is C12H18ClN3O. The van der Waals surface area contributed by atoms with Crippen LogP contribution < -0.4 is 11.1 Å². The maximum Gasteiger partial charge on any atom is 0.0841 e. The maximum absolute atomic E-state index is 9.25. The third-order valence-electron chi connectivity index (χ3n) is 3.52. The molecule has 1 saturated carbocycles. The molecule has 2 atom stereocenters. The van der Waals surface area contributed by atoms with Gasteiger partial charge in [0.2, 0.25) is 0 Å². The summed E-state index contributed by atoms with van der Waals surface area (Å²) >= 11 is 6.03. The van der Waals surface area contributed by atoms with E-state index in [0.29, 0.717) is 22.5 Å². The van der Waals surface area contributed by atoms with Crippen LogP contribution in [0.15, 0.2) is 12.4 Å². The second kappa shape index (κ2) is 5.56. The number of aromatic nitrogens is 1. The third-order valence-corrected chi connectivity index (χ3v) is 3.81. The Kier molecular flexibility index (Phi) is 4.07. The van der Waals surface area contributed by atoms with Gasteiger partial charge in [-0.15, -0.1) is 0 Å². The van der Waals surface area contributed by atoms with Gasteiger partial charge in [0.05, 0.1) is 22.6 Å². The van der Waals surface area contributed by atoms with Crippen molar-refractivity contribution < 1.29 is 5.11 Å². The zero-order valence-corrected chi connectivity index (χ0v) is 10.5. The number of aliphatic hydroxyl groups excluding tert-OH is 1. The number of nitrogens with zero attached hydrogens (tertiary/aromatic N) is 1. The Hall–Kier alpha value is -1.00.